The highest BCUT2D eigenvalue weighted by Gasteiger charge is 2.38. The van der Waals surface area contributed by atoms with Crippen LogP contribution in [0, 0.1) is 0 Å². The largest absolute Gasteiger partial charge is 0.460 e. The minimum Gasteiger partial charge on any atom is -0.460 e. The Labute approximate surface area is 138 Å². The van der Waals surface area contributed by atoms with E-state index in [2.05, 4.69) is 15.4 Å². The molecule has 6 heteroatoms. The number of azo groups is 1. The molecule has 3 rings (SSSR count). The van der Waals surface area contributed by atoms with Gasteiger partial charge in [0, 0.05) is 17.5 Å². The van der Waals surface area contributed by atoms with E-state index < -0.39 is 5.72 Å². The monoisotopic (exact) mass is 327 g/mol. The van der Waals surface area contributed by atoms with Gasteiger partial charge < -0.3 is 9.94 Å². The third-order valence-electron chi connectivity index (χ3n) is 3.46. The molecule has 0 aromatic heterocycles. The standard InChI is InChI=1S/C17H14ClN3O2/c1-17(23-14-9-7-13(18)8-10-14)15(11-19-22)16(20-21-17)12-5-3-2-4-6-12/h2-11,22H,1H3. The molecule has 1 unspecified atom stereocenters. The number of hydrogen-bond donors (Lipinski definition) is 1. The fourth-order valence-electron chi connectivity index (χ4n) is 2.33. The van der Waals surface area contributed by atoms with Gasteiger partial charge in [-0.3, -0.25) is 0 Å². The zero-order valence-corrected chi connectivity index (χ0v) is 13.1. The third kappa shape index (κ3) is 3.10. The molecule has 0 amide bonds. The van der Waals surface area contributed by atoms with Crippen LogP contribution in [0.3, 0.4) is 0 Å². The van der Waals surface area contributed by atoms with Crippen molar-refractivity contribution < 1.29 is 9.94 Å². The first-order valence-electron chi connectivity index (χ1n) is 6.97. The molecule has 0 spiro atoms. The molecule has 1 atom stereocenters. The maximum Gasteiger partial charge on any atom is 0.246 e. The number of hydrogen-bond acceptors (Lipinski definition) is 5. The number of nitrogens with zero attached hydrogens (tertiary/aromatic N) is 3. The molecular weight excluding hydrogens is 314 g/mol. The van der Waals surface area contributed by atoms with Crippen molar-refractivity contribution in [3.05, 3.63) is 70.8 Å². The van der Waals surface area contributed by atoms with Crippen LogP contribution in [0.5, 0.6) is 5.75 Å². The van der Waals surface area contributed by atoms with E-state index in [0.717, 1.165) is 5.56 Å². The molecule has 2 aromatic rings. The molecular formula is C17H14ClN3O2. The van der Waals surface area contributed by atoms with Crippen molar-refractivity contribution in [1.29, 1.82) is 0 Å². The topological polar surface area (TPSA) is 66.5 Å². The van der Waals surface area contributed by atoms with Crippen molar-refractivity contribution in [2.24, 2.45) is 15.4 Å². The lowest BCUT2D eigenvalue weighted by molar-refractivity contribution is 0.143. The van der Waals surface area contributed by atoms with Crippen LogP contribution < -0.4 is 4.74 Å². The molecule has 0 aliphatic carbocycles. The number of halogens is 1. The van der Waals surface area contributed by atoms with E-state index in [1.54, 1.807) is 31.2 Å². The fourth-order valence-corrected chi connectivity index (χ4v) is 2.45. The molecule has 1 N–H and O–H groups in total. The van der Waals surface area contributed by atoms with Crippen LogP contribution in [-0.4, -0.2) is 17.1 Å². The van der Waals surface area contributed by atoms with Crippen LogP contribution in [0.2, 0.25) is 5.02 Å². The Bertz CT molecular complexity index is 785. The molecule has 116 valence electrons. The van der Waals surface area contributed by atoms with Crippen molar-refractivity contribution in [3.63, 3.8) is 0 Å². The lowest BCUT2D eigenvalue weighted by atomic mass is 10.0. The molecule has 0 fully saturated rings. The molecule has 0 saturated heterocycles. The van der Waals surface area contributed by atoms with Crippen LogP contribution >= 0.6 is 11.6 Å². The van der Waals surface area contributed by atoms with Gasteiger partial charge in [-0.05, 0) is 24.3 Å². The lowest BCUT2D eigenvalue weighted by Crippen LogP contribution is -2.31. The molecule has 1 heterocycles. The van der Waals surface area contributed by atoms with E-state index in [9.17, 15) is 0 Å². The summed E-state index contributed by atoms with van der Waals surface area (Å²) in [4.78, 5) is 0. The van der Waals surface area contributed by atoms with Crippen LogP contribution in [0.15, 0.2) is 75.6 Å². The first-order chi connectivity index (χ1) is 11.1. The zero-order chi connectivity index (χ0) is 16.3. The average Bonchev–Trinajstić information content (AvgIpc) is 2.88. The summed E-state index contributed by atoms with van der Waals surface area (Å²) in [5.41, 5.74) is 0.973. The van der Waals surface area contributed by atoms with Gasteiger partial charge >= 0.3 is 0 Å². The highest BCUT2D eigenvalue weighted by Crippen LogP contribution is 2.38. The SMILES string of the molecule is CC1(Oc2ccc(Cl)cc2)N=NC(c2ccccc2)=C1C=NO. The molecule has 1 aliphatic heterocycles. The lowest BCUT2D eigenvalue weighted by Gasteiger charge is -2.23. The van der Waals surface area contributed by atoms with E-state index >= 15 is 0 Å². The summed E-state index contributed by atoms with van der Waals surface area (Å²) in [6.07, 6.45) is 1.30. The maximum atomic E-state index is 9.00. The van der Waals surface area contributed by atoms with Gasteiger partial charge in [0.05, 0.1) is 11.8 Å². The van der Waals surface area contributed by atoms with Crippen LogP contribution in [0.25, 0.3) is 5.70 Å². The summed E-state index contributed by atoms with van der Waals surface area (Å²) in [6, 6.07) is 16.5. The molecule has 23 heavy (non-hydrogen) atoms. The van der Waals surface area contributed by atoms with Crippen LogP contribution in [0.1, 0.15) is 12.5 Å². The van der Waals surface area contributed by atoms with E-state index in [1.165, 1.54) is 6.21 Å². The Morgan fingerprint density at radius 3 is 2.48 bits per heavy atom. The Morgan fingerprint density at radius 2 is 1.83 bits per heavy atom. The quantitative estimate of drug-likeness (QED) is 0.499. The first-order valence-corrected chi connectivity index (χ1v) is 7.35. The summed E-state index contributed by atoms with van der Waals surface area (Å²) in [7, 11) is 0. The highest BCUT2D eigenvalue weighted by molar-refractivity contribution is 6.30. The number of benzene rings is 2. The van der Waals surface area contributed by atoms with Crippen LogP contribution in [0.4, 0.5) is 0 Å². The van der Waals surface area contributed by atoms with Gasteiger partial charge in [0.25, 0.3) is 0 Å². The maximum absolute atomic E-state index is 9.00. The van der Waals surface area contributed by atoms with Crippen molar-refractivity contribution in [1.82, 2.24) is 0 Å². The van der Waals surface area contributed by atoms with Crippen molar-refractivity contribution in [2.45, 2.75) is 12.6 Å². The fraction of sp³-hybridized carbons (Fsp3) is 0.118. The second-order valence-corrected chi connectivity index (χ2v) is 5.55. The first kappa shape index (κ1) is 15.2. The Hall–Kier alpha value is -2.66. The van der Waals surface area contributed by atoms with Gasteiger partial charge in [-0.1, -0.05) is 47.1 Å². The second kappa shape index (κ2) is 6.22. The summed E-state index contributed by atoms with van der Waals surface area (Å²) >= 11 is 5.88. The summed E-state index contributed by atoms with van der Waals surface area (Å²) in [5.74, 6) is 0.592. The van der Waals surface area contributed by atoms with Crippen molar-refractivity contribution >= 4 is 23.5 Å². The van der Waals surface area contributed by atoms with Gasteiger partial charge in [0.2, 0.25) is 5.72 Å². The smallest absolute Gasteiger partial charge is 0.246 e. The summed E-state index contributed by atoms with van der Waals surface area (Å²) < 4.78 is 5.96. The zero-order valence-electron chi connectivity index (χ0n) is 12.3. The summed E-state index contributed by atoms with van der Waals surface area (Å²) in [6.45, 7) is 1.76. The average molecular weight is 328 g/mol. The van der Waals surface area contributed by atoms with E-state index in [-0.39, 0.29) is 0 Å². The van der Waals surface area contributed by atoms with Gasteiger partial charge in [0.1, 0.15) is 11.4 Å². The minimum absolute atomic E-state index is 0.571. The van der Waals surface area contributed by atoms with E-state index in [1.807, 2.05) is 30.3 Å². The normalized spacial score (nSPS) is 20.4. The predicted molar refractivity (Wildman–Crippen MR) is 89.0 cm³/mol. The minimum atomic E-state index is -1.08. The Balaban J connectivity index is 2.00. The Kier molecular flexibility index (Phi) is 4.12. The number of rotatable bonds is 4. The summed E-state index contributed by atoms with van der Waals surface area (Å²) in [5, 5.41) is 21.2. The second-order valence-electron chi connectivity index (χ2n) is 5.11. The van der Waals surface area contributed by atoms with Gasteiger partial charge in [0.15, 0.2) is 0 Å². The molecule has 5 nitrogen and oxygen atoms in total. The van der Waals surface area contributed by atoms with Crippen molar-refractivity contribution in [3.8, 4) is 5.75 Å². The number of oxime groups is 1. The Morgan fingerprint density at radius 1 is 1.13 bits per heavy atom. The van der Waals surface area contributed by atoms with Gasteiger partial charge in [-0.2, -0.15) is 5.11 Å². The van der Waals surface area contributed by atoms with Gasteiger partial charge in [-0.25, -0.2) is 0 Å². The van der Waals surface area contributed by atoms with E-state index in [4.69, 9.17) is 21.5 Å². The third-order valence-corrected chi connectivity index (χ3v) is 3.71. The molecule has 2 aromatic carbocycles. The van der Waals surface area contributed by atoms with Gasteiger partial charge in [-0.15, -0.1) is 5.11 Å². The predicted octanol–water partition coefficient (Wildman–Crippen LogP) is 4.77. The van der Waals surface area contributed by atoms with Crippen molar-refractivity contribution in [2.75, 3.05) is 0 Å². The van der Waals surface area contributed by atoms with Crippen LogP contribution in [-0.2, 0) is 0 Å². The molecule has 1 aliphatic rings. The van der Waals surface area contributed by atoms with E-state index in [0.29, 0.717) is 22.0 Å². The highest BCUT2D eigenvalue weighted by atomic mass is 35.5. The molecule has 0 bridgehead atoms. The number of ether oxygens (including phenoxy) is 1. The molecule has 0 saturated carbocycles. The molecule has 0 radical (unpaired) electrons.